The second kappa shape index (κ2) is 9.11. The molecule has 1 saturated carbocycles. The van der Waals surface area contributed by atoms with Crippen molar-refractivity contribution in [2.75, 3.05) is 0 Å². The summed E-state index contributed by atoms with van der Waals surface area (Å²) in [5.74, 6) is -3.43. The van der Waals surface area contributed by atoms with Crippen LogP contribution < -0.4 is 0 Å². The summed E-state index contributed by atoms with van der Waals surface area (Å²) in [4.78, 5) is 0. The zero-order chi connectivity index (χ0) is 20.3. The van der Waals surface area contributed by atoms with Crippen molar-refractivity contribution >= 4 is 0 Å². The van der Waals surface area contributed by atoms with Gasteiger partial charge in [0, 0.05) is 11.1 Å². The van der Waals surface area contributed by atoms with Crippen molar-refractivity contribution in [3.8, 4) is 11.1 Å². The fourth-order valence-corrected chi connectivity index (χ4v) is 4.52. The molecule has 2 aromatic carbocycles. The highest BCUT2D eigenvalue weighted by atomic mass is 19.2. The summed E-state index contributed by atoms with van der Waals surface area (Å²) in [7, 11) is 0. The Balaban J connectivity index is 1.88. The molecule has 0 atom stereocenters. The molecule has 0 radical (unpaired) electrons. The van der Waals surface area contributed by atoms with Gasteiger partial charge in [0.05, 0.1) is 0 Å². The minimum atomic E-state index is -1.11. The Kier molecular flexibility index (Phi) is 6.79. The molecule has 0 aromatic heterocycles. The van der Waals surface area contributed by atoms with Crippen LogP contribution in [0.3, 0.4) is 0 Å². The maximum absolute atomic E-state index is 14.8. The zero-order valence-electron chi connectivity index (χ0n) is 16.6. The fraction of sp³-hybridized carbons (Fsp3) is 0.500. The standard InChI is InChI=1S/C24H28F4/c1-3-5-15-7-9-16(10-8-15)18-13-14-20(24(28)22(18)26)19-12-11-17(6-4-2)21(25)23(19)27/h11-16H,3-10H2,1-2H3. The molecular weight excluding hydrogens is 364 g/mol. The Labute approximate surface area is 165 Å². The number of hydrogen-bond donors (Lipinski definition) is 0. The Hall–Kier alpha value is -1.84. The molecule has 0 unspecified atom stereocenters. The van der Waals surface area contributed by atoms with Gasteiger partial charge in [-0.25, -0.2) is 17.6 Å². The second-order valence-electron chi connectivity index (χ2n) is 7.99. The van der Waals surface area contributed by atoms with E-state index in [9.17, 15) is 17.6 Å². The smallest absolute Gasteiger partial charge is 0.167 e. The highest BCUT2D eigenvalue weighted by Crippen LogP contribution is 2.40. The average Bonchev–Trinajstić information content (AvgIpc) is 2.69. The first-order valence-corrected chi connectivity index (χ1v) is 10.4. The van der Waals surface area contributed by atoms with Crippen LogP contribution in [0.1, 0.15) is 75.8 Å². The molecule has 0 amide bonds. The lowest BCUT2D eigenvalue weighted by molar-refractivity contribution is 0.303. The van der Waals surface area contributed by atoms with E-state index in [0.717, 1.165) is 32.1 Å². The Bertz CT molecular complexity index is 820. The quantitative estimate of drug-likeness (QED) is 0.438. The van der Waals surface area contributed by atoms with Crippen LogP contribution in [0.15, 0.2) is 24.3 Å². The van der Waals surface area contributed by atoms with Crippen LogP contribution in [0.25, 0.3) is 11.1 Å². The van der Waals surface area contributed by atoms with Gasteiger partial charge in [-0.2, -0.15) is 0 Å². The monoisotopic (exact) mass is 392 g/mol. The fourth-order valence-electron chi connectivity index (χ4n) is 4.52. The highest BCUT2D eigenvalue weighted by molar-refractivity contribution is 5.66. The van der Waals surface area contributed by atoms with E-state index in [0.29, 0.717) is 24.3 Å². The van der Waals surface area contributed by atoms with E-state index < -0.39 is 23.3 Å². The lowest BCUT2D eigenvalue weighted by Crippen LogP contribution is -2.15. The van der Waals surface area contributed by atoms with E-state index in [1.165, 1.54) is 24.6 Å². The first-order valence-electron chi connectivity index (χ1n) is 10.4. The third-order valence-electron chi connectivity index (χ3n) is 6.07. The molecule has 1 aliphatic rings. The molecule has 0 nitrogen and oxygen atoms in total. The molecule has 3 rings (SSSR count). The summed E-state index contributed by atoms with van der Waals surface area (Å²) in [5.41, 5.74) is 0.164. The number of benzene rings is 2. The Morgan fingerprint density at radius 1 is 0.714 bits per heavy atom. The van der Waals surface area contributed by atoms with E-state index in [1.807, 2.05) is 6.92 Å². The average molecular weight is 392 g/mol. The van der Waals surface area contributed by atoms with Gasteiger partial charge in [-0.1, -0.05) is 57.4 Å². The van der Waals surface area contributed by atoms with Gasteiger partial charge in [-0.05, 0) is 55.1 Å². The third-order valence-corrected chi connectivity index (χ3v) is 6.07. The lowest BCUT2D eigenvalue weighted by atomic mass is 9.77. The van der Waals surface area contributed by atoms with Gasteiger partial charge in [-0.15, -0.1) is 0 Å². The van der Waals surface area contributed by atoms with Gasteiger partial charge in [0.25, 0.3) is 0 Å². The number of aryl methyl sites for hydroxylation is 1. The predicted molar refractivity (Wildman–Crippen MR) is 105 cm³/mol. The van der Waals surface area contributed by atoms with E-state index in [2.05, 4.69) is 6.92 Å². The molecule has 1 aliphatic carbocycles. The second-order valence-corrected chi connectivity index (χ2v) is 7.99. The maximum atomic E-state index is 14.8. The summed E-state index contributed by atoms with van der Waals surface area (Å²) >= 11 is 0. The van der Waals surface area contributed by atoms with Crippen LogP contribution in [0, 0.1) is 29.2 Å². The van der Waals surface area contributed by atoms with Crippen LogP contribution in [0.5, 0.6) is 0 Å². The molecule has 0 aliphatic heterocycles. The molecule has 0 bridgehead atoms. The van der Waals surface area contributed by atoms with Crippen LogP contribution in [0.4, 0.5) is 17.6 Å². The van der Waals surface area contributed by atoms with E-state index >= 15 is 0 Å². The lowest BCUT2D eigenvalue weighted by Gasteiger charge is -2.29. The first kappa shape index (κ1) is 20.9. The molecule has 0 saturated heterocycles. The summed E-state index contributed by atoms with van der Waals surface area (Å²) in [6, 6.07) is 5.74. The van der Waals surface area contributed by atoms with Crippen molar-refractivity contribution in [3.63, 3.8) is 0 Å². The van der Waals surface area contributed by atoms with Gasteiger partial charge >= 0.3 is 0 Å². The predicted octanol–water partition coefficient (Wildman–Crippen LogP) is 7.94. The van der Waals surface area contributed by atoms with Crippen molar-refractivity contribution in [2.24, 2.45) is 5.92 Å². The number of halogens is 4. The van der Waals surface area contributed by atoms with Crippen molar-refractivity contribution in [1.82, 2.24) is 0 Å². The molecule has 4 heteroatoms. The maximum Gasteiger partial charge on any atom is 0.167 e. The molecule has 152 valence electrons. The van der Waals surface area contributed by atoms with Gasteiger partial charge in [0.2, 0.25) is 0 Å². The van der Waals surface area contributed by atoms with E-state index in [-0.39, 0.29) is 22.6 Å². The first-order chi connectivity index (χ1) is 13.5. The van der Waals surface area contributed by atoms with Crippen LogP contribution in [-0.4, -0.2) is 0 Å². The van der Waals surface area contributed by atoms with Gasteiger partial charge in [0.15, 0.2) is 23.3 Å². The minimum Gasteiger partial charge on any atom is -0.203 e. The van der Waals surface area contributed by atoms with Crippen LogP contribution in [-0.2, 0) is 6.42 Å². The van der Waals surface area contributed by atoms with Crippen molar-refractivity contribution in [2.45, 2.75) is 71.1 Å². The summed E-state index contributed by atoms with van der Waals surface area (Å²) in [6.07, 6.45) is 7.14. The molecule has 0 spiro atoms. The molecule has 28 heavy (non-hydrogen) atoms. The molecule has 0 heterocycles. The number of rotatable bonds is 6. The summed E-state index contributed by atoms with van der Waals surface area (Å²) < 4.78 is 58.4. The zero-order valence-corrected chi connectivity index (χ0v) is 16.6. The normalized spacial score (nSPS) is 19.8. The van der Waals surface area contributed by atoms with Crippen molar-refractivity contribution in [1.29, 1.82) is 0 Å². The SMILES string of the molecule is CCCc1ccc(-c2ccc(C3CCC(CCC)CC3)c(F)c2F)c(F)c1F. The largest absolute Gasteiger partial charge is 0.203 e. The molecule has 2 aromatic rings. The molecule has 0 N–H and O–H groups in total. The van der Waals surface area contributed by atoms with E-state index in [4.69, 9.17) is 0 Å². The highest BCUT2D eigenvalue weighted by Gasteiger charge is 2.27. The minimum absolute atomic E-state index is 0.00910. The van der Waals surface area contributed by atoms with Gasteiger partial charge in [0.1, 0.15) is 0 Å². The summed E-state index contributed by atoms with van der Waals surface area (Å²) in [6.45, 7) is 4.03. The van der Waals surface area contributed by atoms with Crippen LogP contribution in [0.2, 0.25) is 0 Å². The summed E-state index contributed by atoms with van der Waals surface area (Å²) in [5, 5.41) is 0. The van der Waals surface area contributed by atoms with Crippen LogP contribution >= 0.6 is 0 Å². The van der Waals surface area contributed by atoms with E-state index in [1.54, 1.807) is 6.07 Å². The van der Waals surface area contributed by atoms with Gasteiger partial charge in [-0.3, -0.25) is 0 Å². The number of hydrogen-bond acceptors (Lipinski definition) is 0. The molecule has 1 fully saturated rings. The van der Waals surface area contributed by atoms with Crippen molar-refractivity contribution < 1.29 is 17.6 Å². The molecular formula is C24H28F4. The Morgan fingerprint density at radius 3 is 1.93 bits per heavy atom. The third kappa shape index (κ3) is 4.11. The Morgan fingerprint density at radius 2 is 1.32 bits per heavy atom. The topological polar surface area (TPSA) is 0 Å². The van der Waals surface area contributed by atoms with Gasteiger partial charge < -0.3 is 0 Å². The van der Waals surface area contributed by atoms with Crippen molar-refractivity contribution in [3.05, 3.63) is 58.7 Å².